The summed E-state index contributed by atoms with van der Waals surface area (Å²) in [6.07, 6.45) is 1.59. The number of rotatable bonds is 11. The van der Waals surface area contributed by atoms with Gasteiger partial charge in [-0.1, -0.05) is 72.4 Å². The maximum absolute atomic E-state index is 12.6. The minimum absolute atomic E-state index is 0.116. The van der Waals surface area contributed by atoms with E-state index in [1.165, 1.54) is 11.8 Å². The van der Waals surface area contributed by atoms with Crippen molar-refractivity contribution < 1.29 is 14.3 Å². The summed E-state index contributed by atoms with van der Waals surface area (Å²) in [5.41, 5.74) is 6.27. The maximum atomic E-state index is 12.6. The van der Waals surface area contributed by atoms with Gasteiger partial charge in [0.05, 0.1) is 19.1 Å². The van der Waals surface area contributed by atoms with Crippen LogP contribution in [-0.4, -0.2) is 39.7 Å². The van der Waals surface area contributed by atoms with Gasteiger partial charge >= 0.3 is 0 Å². The Kier molecular flexibility index (Phi) is 8.85. The van der Waals surface area contributed by atoms with E-state index in [1.807, 2.05) is 114 Å². The van der Waals surface area contributed by atoms with Crippen molar-refractivity contribution in [2.45, 2.75) is 11.8 Å². The van der Waals surface area contributed by atoms with Crippen molar-refractivity contribution >= 4 is 23.9 Å². The highest BCUT2D eigenvalue weighted by Crippen LogP contribution is 2.29. The molecule has 4 aromatic carbocycles. The van der Waals surface area contributed by atoms with Crippen molar-refractivity contribution in [2.75, 3.05) is 12.9 Å². The lowest BCUT2D eigenvalue weighted by molar-refractivity contribution is -0.118. The topological polar surface area (TPSA) is 90.6 Å². The van der Waals surface area contributed by atoms with Crippen molar-refractivity contribution in [1.29, 1.82) is 0 Å². The number of amides is 1. The number of thioether (sulfide) groups is 1. The van der Waals surface area contributed by atoms with E-state index >= 15 is 0 Å². The van der Waals surface area contributed by atoms with Crippen molar-refractivity contribution in [1.82, 2.24) is 20.2 Å². The molecule has 0 aliphatic carbocycles. The van der Waals surface area contributed by atoms with Gasteiger partial charge in [-0.3, -0.25) is 9.36 Å². The number of nitrogens with one attached hydrogen (secondary N) is 1. The molecule has 0 fully saturated rings. The first-order chi connectivity index (χ1) is 19.7. The number of aromatic nitrogens is 3. The van der Waals surface area contributed by atoms with Crippen LogP contribution in [0.25, 0.3) is 17.1 Å². The number of para-hydroxylation sites is 1. The van der Waals surface area contributed by atoms with Gasteiger partial charge in [0.15, 0.2) is 11.0 Å². The first-order valence-corrected chi connectivity index (χ1v) is 13.5. The van der Waals surface area contributed by atoms with Crippen LogP contribution in [0, 0.1) is 0 Å². The monoisotopic (exact) mass is 549 g/mol. The summed E-state index contributed by atoms with van der Waals surface area (Å²) >= 11 is 1.29. The number of carbonyl (C=O) groups is 1. The molecule has 1 aromatic heterocycles. The van der Waals surface area contributed by atoms with Crippen LogP contribution >= 0.6 is 11.8 Å². The molecule has 200 valence electrons. The Morgan fingerprint density at radius 1 is 0.900 bits per heavy atom. The second-order valence-corrected chi connectivity index (χ2v) is 9.58. The summed E-state index contributed by atoms with van der Waals surface area (Å²) in [5.74, 6) is 2.01. The number of ether oxygens (including phenoxy) is 2. The van der Waals surface area contributed by atoms with Gasteiger partial charge in [0, 0.05) is 11.3 Å². The summed E-state index contributed by atoms with van der Waals surface area (Å²) in [4.78, 5) is 12.6. The molecule has 0 atom stereocenters. The molecule has 0 saturated carbocycles. The van der Waals surface area contributed by atoms with Crippen LogP contribution in [0.5, 0.6) is 11.5 Å². The van der Waals surface area contributed by atoms with Crippen LogP contribution in [0.1, 0.15) is 11.1 Å². The lowest BCUT2D eigenvalue weighted by Gasteiger charge is -2.10. The van der Waals surface area contributed by atoms with Crippen LogP contribution in [0.3, 0.4) is 0 Å². The largest absolute Gasteiger partial charge is 0.497 e. The molecule has 9 heteroatoms. The number of hydrogen-bond acceptors (Lipinski definition) is 7. The highest BCUT2D eigenvalue weighted by atomic mass is 32.2. The van der Waals surface area contributed by atoms with Crippen LogP contribution in [0.2, 0.25) is 0 Å². The molecule has 0 saturated heterocycles. The zero-order valence-electron chi connectivity index (χ0n) is 21.8. The summed E-state index contributed by atoms with van der Waals surface area (Å²) in [6.45, 7) is 0.475. The van der Waals surface area contributed by atoms with Crippen LogP contribution in [0.15, 0.2) is 119 Å². The molecule has 1 heterocycles. The van der Waals surface area contributed by atoms with E-state index < -0.39 is 0 Å². The molecule has 0 radical (unpaired) electrons. The molecule has 40 heavy (non-hydrogen) atoms. The molecule has 0 aliphatic heterocycles. The smallest absolute Gasteiger partial charge is 0.250 e. The van der Waals surface area contributed by atoms with Crippen molar-refractivity contribution in [3.8, 4) is 28.6 Å². The molecule has 0 unspecified atom stereocenters. The Morgan fingerprint density at radius 3 is 2.40 bits per heavy atom. The van der Waals surface area contributed by atoms with E-state index in [9.17, 15) is 4.79 Å². The molecule has 1 N–H and O–H groups in total. The number of hydrazone groups is 1. The molecule has 0 spiro atoms. The van der Waals surface area contributed by atoms with Gasteiger partial charge in [-0.05, 0) is 59.7 Å². The zero-order chi connectivity index (χ0) is 27.6. The maximum Gasteiger partial charge on any atom is 0.250 e. The third-order valence-electron chi connectivity index (χ3n) is 5.84. The molecule has 8 nitrogen and oxygen atoms in total. The summed E-state index contributed by atoms with van der Waals surface area (Å²) in [5, 5.41) is 13.5. The van der Waals surface area contributed by atoms with Crippen molar-refractivity contribution in [2.24, 2.45) is 5.10 Å². The van der Waals surface area contributed by atoms with Crippen molar-refractivity contribution in [3.63, 3.8) is 0 Å². The van der Waals surface area contributed by atoms with Gasteiger partial charge in [0.2, 0.25) is 0 Å². The van der Waals surface area contributed by atoms with Crippen LogP contribution < -0.4 is 14.9 Å². The molecular formula is C31H27N5O3S. The van der Waals surface area contributed by atoms with E-state index in [4.69, 9.17) is 9.47 Å². The van der Waals surface area contributed by atoms with Gasteiger partial charge in [-0.2, -0.15) is 5.10 Å². The average molecular weight is 550 g/mol. The van der Waals surface area contributed by atoms with E-state index in [1.54, 1.807) is 13.3 Å². The standard InChI is InChI=1S/C31H27N5O3S/c1-38-27-17-15-25(16-18-27)30-34-35-31(36(30)26-12-6-3-7-13-26)40-22-29(37)33-32-20-24-11-8-14-28(19-24)39-21-23-9-4-2-5-10-23/h2-20H,21-22H2,1H3,(H,33,37). The minimum Gasteiger partial charge on any atom is -0.497 e. The number of nitrogens with zero attached hydrogens (tertiary/aromatic N) is 4. The van der Waals surface area contributed by atoms with Gasteiger partial charge < -0.3 is 9.47 Å². The lowest BCUT2D eigenvalue weighted by atomic mass is 10.2. The van der Waals surface area contributed by atoms with E-state index in [0.29, 0.717) is 17.6 Å². The van der Waals surface area contributed by atoms with E-state index in [-0.39, 0.29) is 11.7 Å². The zero-order valence-corrected chi connectivity index (χ0v) is 22.6. The predicted octanol–water partition coefficient (Wildman–Crippen LogP) is 5.76. The third-order valence-corrected chi connectivity index (χ3v) is 6.77. The third kappa shape index (κ3) is 6.95. The Balaban J connectivity index is 1.21. The Hall–Kier alpha value is -4.89. The molecule has 5 rings (SSSR count). The second-order valence-electron chi connectivity index (χ2n) is 8.63. The number of methoxy groups -OCH3 is 1. The molecule has 0 aliphatic rings. The Morgan fingerprint density at radius 2 is 1.65 bits per heavy atom. The van der Waals surface area contributed by atoms with Gasteiger partial charge in [0.25, 0.3) is 5.91 Å². The fraction of sp³-hybridized carbons (Fsp3) is 0.0968. The highest BCUT2D eigenvalue weighted by Gasteiger charge is 2.17. The SMILES string of the molecule is COc1ccc(-c2nnc(SCC(=O)NN=Cc3cccc(OCc4ccccc4)c3)n2-c2ccccc2)cc1. The van der Waals surface area contributed by atoms with Crippen molar-refractivity contribution in [3.05, 3.63) is 120 Å². The van der Waals surface area contributed by atoms with Gasteiger partial charge in [-0.15, -0.1) is 10.2 Å². The highest BCUT2D eigenvalue weighted by molar-refractivity contribution is 7.99. The molecular weight excluding hydrogens is 522 g/mol. The van der Waals surface area contributed by atoms with Crippen LogP contribution in [-0.2, 0) is 11.4 Å². The number of benzene rings is 4. The summed E-state index contributed by atoms with van der Waals surface area (Å²) in [7, 11) is 1.63. The predicted molar refractivity (Wildman–Crippen MR) is 157 cm³/mol. The van der Waals surface area contributed by atoms with E-state index in [0.717, 1.165) is 33.9 Å². The first kappa shape index (κ1) is 26.7. The Bertz CT molecular complexity index is 1570. The molecule has 1 amide bonds. The first-order valence-electron chi connectivity index (χ1n) is 12.6. The minimum atomic E-state index is -0.258. The summed E-state index contributed by atoms with van der Waals surface area (Å²) in [6, 6.07) is 34.9. The summed E-state index contributed by atoms with van der Waals surface area (Å²) < 4.78 is 13.1. The van der Waals surface area contributed by atoms with E-state index in [2.05, 4.69) is 20.7 Å². The fourth-order valence-corrected chi connectivity index (χ4v) is 4.61. The number of carbonyl (C=O) groups excluding carboxylic acids is 1. The normalized spacial score (nSPS) is 10.9. The lowest BCUT2D eigenvalue weighted by Crippen LogP contribution is -2.20. The molecule has 5 aromatic rings. The second kappa shape index (κ2) is 13.3. The quantitative estimate of drug-likeness (QED) is 0.128. The van der Waals surface area contributed by atoms with Gasteiger partial charge in [0.1, 0.15) is 18.1 Å². The molecule has 0 bridgehead atoms. The van der Waals surface area contributed by atoms with Gasteiger partial charge in [-0.25, -0.2) is 5.43 Å². The number of hydrogen-bond donors (Lipinski definition) is 1. The van der Waals surface area contributed by atoms with Crippen LogP contribution in [0.4, 0.5) is 0 Å². The Labute approximate surface area is 236 Å². The average Bonchev–Trinajstić information content (AvgIpc) is 3.44. The fourth-order valence-electron chi connectivity index (χ4n) is 3.87.